The molecule has 0 atom stereocenters. The van der Waals surface area contributed by atoms with Crippen LogP contribution in [0.25, 0.3) is 21.8 Å². The summed E-state index contributed by atoms with van der Waals surface area (Å²) < 4.78 is 0. The summed E-state index contributed by atoms with van der Waals surface area (Å²) in [5.74, 6) is 0.346. The standard InChI is InChI=1S/C18H12N2O2/c1-19-17(11-13-3-7-15(21)8-4-13)18(20-2)12-14-5-9-16(22)10-6-14/h1-12H/p+2/b17-11-,18-12+. The highest BCUT2D eigenvalue weighted by Gasteiger charge is 2.24. The minimum absolute atomic E-state index is 0.173. The zero-order valence-electron chi connectivity index (χ0n) is 11.7. The number of rotatable bonds is 3. The highest BCUT2D eigenvalue weighted by Crippen LogP contribution is 2.22. The number of hydrogen-bond donors (Lipinski definition) is 2. The molecule has 0 amide bonds. The van der Waals surface area contributed by atoms with E-state index in [2.05, 4.69) is 9.69 Å². The average molecular weight is 290 g/mol. The van der Waals surface area contributed by atoms with Crippen LogP contribution in [-0.4, -0.2) is 10.2 Å². The minimum Gasteiger partial charge on any atom is -0.508 e. The first-order valence-corrected chi connectivity index (χ1v) is 6.46. The van der Waals surface area contributed by atoms with Crippen LogP contribution in [0.15, 0.2) is 59.9 Å². The van der Waals surface area contributed by atoms with Crippen LogP contribution in [0, 0.1) is 13.1 Å². The molecule has 2 rings (SSSR count). The van der Waals surface area contributed by atoms with Gasteiger partial charge in [0.2, 0.25) is 0 Å². The van der Waals surface area contributed by atoms with E-state index in [0.29, 0.717) is 11.4 Å². The van der Waals surface area contributed by atoms with E-state index in [4.69, 9.17) is 13.1 Å². The van der Waals surface area contributed by atoms with Gasteiger partial charge in [-0.2, -0.15) is 0 Å². The molecule has 0 spiro atoms. The Labute approximate surface area is 128 Å². The number of hydrogen-bond acceptors (Lipinski definition) is 2. The molecular weight excluding hydrogens is 276 g/mol. The van der Waals surface area contributed by atoms with Crippen molar-refractivity contribution in [3.8, 4) is 24.6 Å². The van der Waals surface area contributed by atoms with Crippen molar-refractivity contribution in [1.82, 2.24) is 0 Å². The summed E-state index contributed by atoms with van der Waals surface area (Å²) in [6.07, 6.45) is 3.39. The van der Waals surface area contributed by atoms with Gasteiger partial charge in [-0.25, -0.2) is 0 Å². The predicted octanol–water partition coefficient (Wildman–Crippen LogP) is 4.41. The van der Waals surface area contributed by atoms with Gasteiger partial charge in [-0.15, -0.1) is 0 Å². The fourth-order valence-corrected chi connectivity index (χ4v) is 1.81. The van der Waals surface area contributed by atoms with Gasteiger partial charge in [-0.3, -0.25) is 0 Å². The summed E-state index contributed by atoms with van der Waals surface area (Å²) in [7, 11) is 0. The number of phenolic OH excluding ortho intramolecular Hbond substituents is 2. The topological polar surface area (TPSA) is 49.2 Å². The van der Waals surface area contributed by atoms with Crippen molar-refractivity contribution in [2.24, 2.45) is 0 Å². The van der Waals surface area contributed by atoms with Gasteiger partial charge in [-0.05, 0) is 45.1 Å². The average Bonchev–Trinajstić information content (AvgIpc) is 2.54. The third kappa shape index (κ3) is 3.75. The molecule has 0 aliphatic carbocycles. The van der Waals surface area contributed by atoms with Gasteiger partial charge in [0.15, 0.2) is 0 Å². The summed E-state index contributed by atoms with van der Waals surface area (Å²) in [6.45, 7) is 10.8. The normalized spacial score (nSPS) is 11.5. The molecule has 0 aromatic heterocycles. The third-order valence-electron chi connectivity index (χ3n) is 2.93. The van der Waals surface area contributed by atoms with Crippen molar-refractivity contribution in [1.29, 1.82) is 0 Å². The Morgan fingerprint density at radius 3 is 1.27 bits per heavy atom. The molecule has 22 heavy (non-hydrogen) atoms. The molecule has 0 aliphatic rings. The molecule has 2 aromatic rings. The van der Waals surface area contributed by atoms with Crippen LogP contribution in [0.3, 0.4) is 0 Å². The van der Waals surface area contributed by atoms with E-state index < -0.39 is 0 Å². The zero-order chi connectivity index (χ0) is 15.9. The van der Waals surface area contributed by atoms with Crippen LogP contribution in [0.5, 0.6) is 11.5 Å². The maximum atomic E-state index is 9.28. The second-order valence-corrected chi connectivity index (χ2v) is 4.50. The Bertz CT molecular complexity index is 731. The lowest BCUT2D eigenvalue weighted by molar-refractivity contribution is 0.474. The van der Waals surface area contributed by atoms with Crippen LogP contribution < -0.4 is 0 Å². The largest absolute Gasteiger partial charge is 0.508 e. The van der Waals surface area contributed by atoms with Gasteiger partial charge in [0.1, 0.15) is 11.5 Å². The van der Waals surface area contributed by atoms with E-state index in [0.717, 1.165) is 11.1 Å². The summed E-state index contributed by atoms with van der Waals surface area (Å²) in [5.41, 5.74) is 2.37. The Morgan fingerprint density at radius 2 is 1.00 bits per heavy atom. The van der Waals surface area contributed by atoms with Crippen molar-refractivity contribution in [2.75, 3.05) is 0 Å². The van der Waals surface area contributed by atoms with E-state index in [1.54, 1.807) is 60.7 Å². The fraction of sp³-hybridized carbons (Fsp3) is 0. The van der Waals surface area contributed by atoms with E-state index in [-0.39, 0.29) is 11.5 Å². The predicted molar refractivity (Wildman–Crippen MR) is 88.8 cm³/mol. The molecule has 0 saturated carbocycles. The Morgan fingerprint density at radius 1 is 0.682 bits per heavy atom. The van der Waals surface area contributed by atoms with Gasteiger partial charge in [-0.1, -0.05) is 24.3 Å². The van der Waals surface area contributed by atoms with Crippen LogP contribution in [0.1, 0.15) is 11.1 Å². The minimum atomic E-state index is 0.173. The van der Waals surface area contributed by atoms with E-state index in [1.165, 1.54) is 0 Å². The molecule has 0 fully saturated rings. The molecule has 0 radical (unpaired) electrons. The van der Waals surface area contributed by atoms with E-state index >= 15 is 0 Å². The summed E-state index contributed by atoms with van der Waals surface area (Å²) in [4.78, 5) is 7.40. The molecule has 106 valence electrons. The molecule has 4 nitrogen and oxygen atoms in total. The molecule has 2 N–H and O–H groups in total. The maximum absolute atomic E-state index is 9.28. The third-order valence-corrected chi connectivity index (χ3v) is 2.93. The van der Waals surface area contributed by atoms with Crippen LogP contribution in [0.4, 0.5) is 0 Å². The highest BCUT2D eigenvalue weighted by atomic mass is 16.3. The highest BCUT2D eigenvalue weighted by molar-refractivity contribution is 5.70. The molecule has 0 saturated heterocycles. The van der Waals surface area contributed by atoms with Gasteiger partial charge >= 0.3 is 11.4 Å². The SMILES string of the molecule is C#[N+]C(=C\c1ccc(O)cc1)/C(=C\c1ccc(O)cc1)[N+]#C. The van der Waals surface area contributed by atoms with Gasteiger partial charge < -0.3 is 10.2 Å². The first kappa shape index (κ1) is 14.9. The van der Waals surface area contributed by atoms with Gasteiger partial charge in [0.25, 0.3) is 13.1 Å². The lowest BCUT2D eigenvalue weighted by atomic mass is 10.1. The van der Waals surface area contributed by atoms with Crippen LogP contribution in [0.2, 0.25) is 0 Å². The smallest absolute Gasteiger partial charge is 0.430 e. The number of phenols is 2. The quantitative estimate of drug-likeness (QED) is 0.823. The second-order valence-electron chi connectivity index (χ2n) is 4.50. The maximum Gasteiger partial charge on any atom is 0.430 e. The molecular formula is C18H14N2O2+2. The zero-order valence-corrected chi connectivity index (χ0v) is 11.7. The first-order valence-electron chi connectivity index (χ1n) is 6.46. The number of aromatic hydroxyl groups is 2. The molecule has 0 aliphatic heterocycles. The summed E-state index contributed by atoms with van der Waals surface area (Å²) in [5, 5.41) is 18.6. The second kappa shape index (κ2) is 6.78. The Kier molecular flexibility index (Phi) is 4.59. The van der Waals surface area contributed by atoms with Gasteiger partial charge in [0.05, 0.1) is 0 Å². The lowest BCUT2D eigenvalue weighted by Crippen LogP contribution is -1.82. The Balaban J connectivity index is 2.39. The summed E-state index contributed by atoms with van der Waals surface area (Å²) in [6, 6.07) is 13.1. The van der Waals surface area contributed by atoms with E-state index in [1.807, 2.05) is 0 Å². The summed E-state index contributed by atoms with van der Waals surface area (Å²) >= 11 is 0. The van der Waals surface area contributed by atoms with Crippen molar-refractivity contribution in [3.63, 3.8) is 0 Å². The molecule has 0 heterocycles. The molecule has 0 bridgehead atoms. The molecule has 4 heteroatoms. The molecule has 0 unspecified atom stereocenters. The number of nitrogens with zero attached hydrogens (tertiary/aromatic N) is 2. The van der Waals surface area contributed by atoms with E-state index in [9.17, 15) is 10.2 Å². The lowest BCUT2D eigenvalue weighted by Gasteiger charge is -1.93. The number of benzene rings is 2. The van der Waals surface area contributed by atoms with Crippen LogP contribution >= 0.6 is 0 Å². The van der Waals surface area contributed by atoms with Crippen molar-refractivity contribution >= 4 is 12.2 Å². The first-order chi connectivity index (χ1) is 10.6. The van der Waals surface area contributed by atoms with Crippen LogP contribution in [-0.2, 0) is 0 Å². The van der Waals surface area contributed by atoms with Gasteiger partial charge in [0, 0.05) is 12.2 Å². The monoisotopic (exact) mass is 290 g/mol. The fourth-order valence-electron chi connectivity index (χ4n) is 1.81. The van der Waals surface area contributed by atoms with Crippen molar-refractivity contribution in [3.05, 3.63) is 80.7 Å². The Hall–Kier alpha value is -3.50. The van der Waals surface area contributed by atoms with Crippen molar-refractivity contribution in [2.45, 2.75) is 0 Å². The molecule has 2 aromatic carbocycles. The van der Waals surface area contributed by atoms with Crippen molar-refractivity contribution < 1.29 is 10.2 Å².